The van der Waals surface area contributed by atoms with Crippen molar-refractivity contribution in [1.82, 2.24) is 15.1 Å². The topological polar surface area (TPSA) is 55.8 Å². The van der Waals surface area contributed by atoms with Crippen LogP contribution in [-0.2, 0) is 0 Å². The molecule has 1 aromatic carbocycles. The number of piperidine rings is 1. The molecule has 0 radical (unpaired) electrons. The lowest BCUT2D eigenvalue weighted by Gasteiger charge is -2.33. The first kappa shape index (κ1) is 17.2. The average Bonchev–Trinajstić information content (AvgIpc) is 3.17. The Labute approximate surface area is 144 Å². The summed E-state index contributed by atoms with van der Waals surface area (Å²) in [5.74, 6) is 0.357. The van der Waals surface area contributed by atoms with Gasteiger partial charge in [-0.05, 0) is 50.3 Å². The first-order valence-corrected chi connectivity index (χ1v) is 9.20. The van der Waals surface area contributed by atoms with Crippen molar-refractivity contribution in [3.05, 3.63) is 35.9 Å². The van der Waals surface area contributed by atoms with Gasteiger partial charge in [0.15, 0.2) is 0 Å². The summed E-state index contributed by atoms with van der Waals surface area (Å²) < 4.78 is 0. The van der Waals surface area contributed by atoms with Gasteiger partial charge in [-0.3, -0.25) is 4.90 Å². The van der Waals surface area contributed by atoms with Gasteiger partial charge in [0.25, 0.3) is 0 Å². The summed E-state index contributed by atoms with van der Waals surface area (Å²) in [6.07, 6.45) is 4.29. The summed E-state index contributed by atoms with van der Waals surface area (Å²) in [5, 5.41) is 12.4. The summed E-state index contributed by atoms with van der Waals surface area (Å²) in [5.41, 5.74) is 1.28. The molecule has 5 nitrogen and oxygen atoms in total. The van der Waals surface area contributed by atoms with Gasteiger partial charge in [0.1, 0.15) is 0 Å². The highest BCUT2D eigenvalue weighted by Crippen LogP contribution is 2.24. The summed E-state index contributed by atoms with van der Waals surface area (Å²) in [6.45, 7) is 4.60. The average molecular weight is 331 g/mol. The maximum atomic E-state index is 12.5. The number of urea groups is 1. The number of carbonyl (C=O) groups excluding carboxylic acids is 1. The minimum atomic E-state index is 0.0338. The predicted molar refractivity (Wildman–Crippen MR) is 94.8 cm³/mol. The van der Waals surface area contributed by atoms with Crippen LogP contribution in [0.5, 0.6) is 0 Å². The number of hydrogen-bond acceptors (Lipinski definition) is 3. The van der Waals surface area contributed by atoms with Gasteiger partial charge < -0.3 is 15.3 Å². The molecular weight excluding hydrogens is 302 g/mol. The van der Waals surface area contributed by atoms with Gasteiger partial charge in [0, 0.05) is 26.2 Å². The lowest BCUT2D eigenvalue weighted by molar-refractivity contribution is 0.135. The molecule has 0 aliphatic carbocycles. The van der Waals surface area contributed by atoms with Crippen LogP contribution < -0.4 is 5.32 Å². The Morgan fingerprint density at radius 2 is 1.79 bits per heavy atom. The van der Waals surface area contributed by atoms with Crippen molar-refractivity contribution >= 4 is 6.03 Å². The van der Waals surface area contributed by atoms with Gasteiger partial charge in [0.05, 0.1) is 6.04 Å². The maximum absolute atomic E-state index is 12.5. The van der Waals surface area contributed by atoms with E-state index < -0.39 is 0 Å². The number of aliphatic hydroxyl groups excluding tert-OH is 1. The third kappa shape index (κ3) is 4.28. The van der Waals surface area contributed by atoms with Crippen LogP contribution in [0.15, 0.2) is 30.3 Å². The zero-order chi connectivity index (χ0) is 16.8. The SMILES string of the molecule is O=C(NCC(c1ccccc1)N1CCCC1)N1CCC(CO)CC1. The van der Waals surface area contributed by atoms with E-state index in [1.165, 1.54) is 18.4 Å². The van der Waals surface area contributed by atoms with E-state index in [2.05, 4.69) is 34.5 Å². The Balaban J connectivity index is 1.56. The molecule has 2 aliphatic rings. The van der Waals surface area contributed by atoms with Gasteiger partial charge in [-0.25, -0.2) is 4.79 Å². The van der Waals surface area contributed by atoms with E-state index in [0.717, 1.165) is 39.0 Å². The number of nitrogens with zero attached hydrogens (tertiary/aromatic N) is 2. The molecule has 0 spiro atoms. The van der Waals surface area contributed by atoms with Gasteiger partial charge in [-0.1, -0.05) is 30.3 Å². The van der Waals surface area contributed by atoms with E-state index >= 15 is 0 Å². The van der Waals surface area contributed by atoms with Crippen molar-refractivity contribution in [2.24, 2.45) is 5.92 Å². The van der Waals surface area contributed by atoms with Gasteiger partial charge in [0.2, 0.25) is 0 Å². The number of benzene rings is 1. The van der Waals surface area contributed by atoms with Crippen LogP contribution in [0.1, 0.15) is 37.3 Å². The van der Waals surface area contributed by atoms with Crippen molar-refractivity contribution in [2.45, 2.75) is 31.7 Å². The van der Waals surface area contributed by atoms with Crippen molar-refractivity contribution in [1.29, 1.82) is 0 Å². The predicted octanol–water partition coefficient (Wildman–Crippen LogP) is 2.24. The molecule has 2 saturated heterocycles. The molecule has 2 fully saturated rings. The normalized spacial score (nSPS) is 21.0. The summed E-state index contributed by atoms with van der Waals surface area (Å²) in [7, 11) is 0. The monoisotopic (exact) mass is 331 g/mol. The smallest absolute Gasteiger partial charge is 0.317 e. The maximum Gasteiger partial charge on any atom is 0.317 e. The van der Waals surface area contributed by atoms with Crippen LogP contribution in [0.3, 0.4) is 0 Å². The highest BCUT2D eigenvalue weighted by Gasteiger charge is 2.26. The first-order valence-electron chi connectivity index (χ1n) is 9.20. The molecule has 1 aromatic rings. The Bertz CT molecular complexity index is 509. The van der Waals surface area contributed by atoms with E-state index in [1.807, 2.05) is 11.0 Å². The molecule has 1 unspecified atom stereocenters. The summed E-state index contributed by atoms with van der Waals surface area (Å²) in [4.78, 5) is 16.8. The molecule has 0 bridgehead atoms. The van der Waals surface area contributed by atoms with Gasteiger partial charge in [-0.15, -0.1) is 0 Å². The molecular formula is C19H29N3O2. The zero-order valence-corrected chi connectivity index (χ0v) is 14.4. The standard InChI is InChI=1S/C19H29N3O2/c23-15-16-8-12-22(13-9-16)19(24)20-14-18(21-10-4-5-11-21)17-6-2-1-3-7-17/h1-3,6-7,16,18,23H,4-5,8-15H2,(H,20,24). The molecule has 132 valence electrons. The number of likely N-dealkylation sites (tertiary alicyclic amines) is 2. The fraction of sp³-hybridized carbons (Fsp3) is 0.632. The highest BCUT2D eigenvalue weighted by atomic mass is 16.3. The van der Waals surface area contributed by atoms with E-state index in [9.17, 15) is 9.90 Å². The second-order valence-electron chi connectivity index (χ2n) is 6.97. The number of hydrogen-bond donors (Lipinski definition) is 2. The molecule has 2 amide bonds. The third-order valence-corrected chi connectivity index (χ3v) is 5.37. The molecule has 0 aromatic heterocycles. The van der Waals surface area contributed by atoms with Crippen molar-refractivity contribution in [3.8, 4) is 0 Å². The largest absolute Gasteiger partial charge is 0.396 e. The summed E-state index contributed by atoms with van der Waals surface area (Å²) >= 11 is 0. The van der Waals surface area contributed by atoms with E-state index in [4.69, 9.17) is 0 Å². The van der Waals surface area contributed by atoms with Crippen LogP contribution in [0, 0.1) is 5.92 Å². The minimum absolute atomic E-state index is 0.0338. The number of carbonyl (C=O) groups is 1. The fourth-order valence-corrected chi connectivity index (χ4v) is 3.80. The van der Waals surface area contributed by atoms with E-state index in [-0.39, 0.29) is 18.7 Å². The van der Waals surface area contributed by atoms with Crippen LogP contribution >= 0.6 is 0 Å². The fourth-order valence-electron chi connectivity index (χ4n) is 3.80. The van der Waals surface area contributed by atoms with Crippen LogP contribution in [0.25, 0.3) is 0 Å². The first-order chi connectivity index (χ1) is 11.8. The second-order valence-corrected chi connectivity index (χ2v) is 6.97. The third-order valence-electron chi connectivity index (χ3n) is 5.37. The van der Waals surface area contributed by atoms with Gasteiger partial charge >= 0.3 is 6.03 Å². The molecule has 2 N–H and O–H groups in total. The molecule has 0 saturated carbocycles. The number of nitrogens with one attached hydrogen (secondary N) is 1. The lowest BCUT2D eigenvalue weighted by atomic mass is 9.98. The van der Waals surface area contributed by atoms with Crippen molar-refractivity contribution < 1.29 is 9.90 Å². The van der Waals surface area contributed by atoms with Gasteiger partial charge in [-0.2, -0.15) is 0 Å². The molecule has 24 heavy (non-hydrogen) atoms. The Morgan fingerprint density at radius 3 is 2.42 bits per heavy atom. The quantitative estimate of drug-likeness (QED) is 0.870. The second kappa shape index (κ2) is 8.49. The zero-order valence-electron chi connectivity index (χ0n) is 14.4. The number of rotatable bonds is 5. The Hall–Kier alpha value is -1.59. The lowest BCUT2D eigenvalue weighted by Crippen LogP contribution is -2.47. The van der Waals surface area contributed by atoms with Crippen molar-refractivity contribution in [3.63, 3.8) is 0 Å². The number of aliphatic hydroxyl groups is 1. The molecule has 2 aliphatic heterocycles. The molecule has 3 rings (SSSR count). The number of amides is 2. The molecule has 1 atom stereocenters. The van der Waals surface area contributed by atoms with E-state index in [0.29, 0.717) is 12.5 Å². The molecule has 2 heterocycles. The summed E-state index contributed by atoms with van der Waals surface area (Å²) in [6, 6.07) is 10.8. The van der Waals surface area contributed by atoms with Crippen LogP contribution in [0.4, 0.5) is 4.79 Å². The molecule has 5 heteroatoms. The van der Waals surface area contributed by atoms with Crippen LogP contribution in [-0.4, -0.2) is 60.3 Å². The highest BCUT2D eigenvalue weighted by molar-refractivity contribution is 5.74. The minimum Gasteiger partial charge on any atom is -0.396 e. The van der Waals surface area contributed by atoms with Crippen LogP contribution in [0.2, 0.25) is 0 Å². The van der Waals surface area contributed by atoms with Crippen molar-refractivity contribution in [2.75, 3.05) is 39.3 Å². The Kier molecular flexibility index (Phi) is 6.10. The Morgan fingerprint density at radius 1 is 1.12 bits per heavy atom. The van der Waals surface area contributed by atoms with E-state index in [1.54, 1.807) is 0 Å².